The Bertz CT molecular complexity index is 1040. The molecule has 2 atom stereocenters. The molecule has 0 N–H and O–H groups in total. The topological polar surface area (TPSA) is 64.6 Å². The maximum absolute atomic E-state index is 13.3. The molecule has 0 aliphatic carbocycles. The monoisotopic (exact) mass is 403 g/mol. The maximum atomic E-state index is 13.3. The van der Waals surface area contributed by atoms with Gasteiger partial charge in [0.2, 0.25) is 0 Å². The summed E-state index contributed by atoms with van der Waals surface area (Å²) < 4.78 is 12.3. The fourth-order valence-electron chi connectivity index (χ4n) is 4.61. The zero-order valence-corrected chi connectivity index (χ0v) is 16.9. The average Bonchev–Trinajstić information content (AvgIpc) is 3.19. The minimum atomic E-state index is -0.314. The van der Waals surface area contributed by atoms with Crippen molar-refractivity contribution in [2.45, 2.75) is 37.6 Å². The first kappa shape index (κ1) is 19.2. The van der Waals surface area contributed by atoms with Crippen LogP contribution in [0.4, 0.5) is 0 Å². The molecule has 1 aromatic carbocycles. The molecule has 4 heterocycles. The van der Waals surface area contributed by atoms with Crippen molar-refractivity contribution >= 4 is 16.8 Å². The molecule has 2 aromatic heterocycles. The summed E-state index contributed by atoms with van der Waals surface area (Å²) in [4.78, 5) is 23.8. The highest BCUT2D eigenvalue weighted by atomic mass is 16.6. The Hall–Kier alpha value is -2.83. The second-order valence-corrected chi connectivity index (χ2v) is 8.20. The number of carbonyl (C=O) groups is 1. The van der Waals surface area contributed by atoms with Crippen molar-refractivity contribution in [1.82, 2.24) is 14.9 Å². The van der Waals surface area contributed by atoms with E-state index in [0.29, 0.717) is 25.3 Å². The third kappa shape index (κ3) is 3.80. The standard InChI is InChI=1S/C24H25N3O3/c28-23(21-8-1-6-19-7-3-11-26-22(19)21)27-12-4-9-24(17-27)13-20(16-30-24)29-15-18-5-2-10-25-14-18/h1-3,5-8,10-11,14,20H,4,9,12-13,15-17H2/t20-,24-/m0/s1. The van der Waals surface area contributed by atoms with Crippen molar-refractivity contribution in [3.05, 3.63) is 72.2 Å². The molecule has 0 bridgehead atoms. The van der Waals surface area contributed by atoms with Crippen molar-refractivity contribution in [2.24, 2.45) is 0 Å². The van der Waals surface area contributed by atoms with Gasteiger partial charge in [-0.25, -0.2) is 0 Å². The summed E-state index contributed by atoms with van der Waals surface area (Å²) in [7, 11) is 0. The average molecular weight is 403 g/mol. The number of likely N-dealkylation sites (tertiary alicyclic amines) is 1. The predicted molar refractivity (Wildman–Crippen MR) is 113 cm³/mol. The van der Waals surface area contributed by atoms with Crippen LogP contribution in [0.15, 0.2) is 61.1 Å². The van der Waals surface area contributed by atoms with E-state index >= 15 is 0 Å². The van der Waals surface area contributed by atoms with Crippen molar-refractivity contribution in [3.8, 4) is 0 Å². The molecule has 2 aliphatic heterocycles. The quantitative estimate of drug-likeness (QED) is 0.666. The van der Waals surface area contributed by atoms with Crippen LogP contribution in [-0.4, -0.2) is 52.2 Å². The zero-order valence-electron chi connectivity index (χ0n) is 16.9. The summed E-state index contributed by atoms with van der Waals surface area (Å²) in [6.07, 6.45) is 8.06. The smallest absolute Gasteiger partial charge is 0.256 e. The summed E-state index contributed by atoms with van der Waals surface area (Å²) in [5.74, 6) is 0.0294. The van der Waals surface area contributed by atoms with E-state index < -0.39 is 0 Å². The first-order valence-electron chi connectivity index (χ1n) is 10.5. The number of rotatable bonds is 4. The number of hydrogen-bond acceptors (Lipinski definition) is 5. The number of hydrogen-bond donors (Lipinski definition) is 0. The lowest BCUT2D eigenvalue weighted by atomic mass is 9.89. The number of para-hydroxylation sites is 1. The van der Waals surface area contributed by atoms with E-state index in [-0.39, 0.29) is 17.6 Å². The molecule has 6 nitrogen and oxygen atoms in total. The van der Waals surface area contributed by atoms with Crippen LogP contribution < -0.4 is 0 Å². The van der Waals surface area contributed by atoms with Gasteiger partial charge < -0.3 is 14.4 Å². The SMILES string of the molecule is O=C(c1cccc2cccnc12)N1CCC[C@]2(C[C@H](OCc3cccnc3)CO2)C1. The number of amides is 1. The van der Waals surface area contributed by atoms with Crippen molar-refractivity contribution in [3.63, 3.8) is 0 Å². The lowest BCUT2D eigenvalue weighted by Gasteiger charge is -2.39. The summed E-state index contributed by atoms with van der Waals surface area (Å²) >= 11 is 0. The summed E-state index contributed by atoms with van der Waals surface area (Å²) in [6, 6.07) is 13.6. The van der Waals surface area contributed by atoms with Gasteiger partial charge in [0.15, 0.2) is 0 Å². The Kier molecular flexibility index (Phi) is 5.19. The molecule has 1 spiro atoms. The highest BCUT2D eigenvalue weighted by Gasteiger charge is 2.45. The first-order chi connectivity index (χ1) is 14.7. The van der Waals surface area contributed by atoms with Crippen LogP contribution in [0.5, 0.6) is 0 Å². The van der Waals surface area contributed by atoms with Crippen LogP contribution >= 0.6 is 0 Å². The van der Waals surface area contributed by atoms with Crippen LogP contribution in [0.25, 0.3) is 10.9 Å². The van der Waals surface area contributed by atoms with Crippen molar-refractivity contribution in [2.75, 3.05) is 19.7 Å². The van der Waals surface area contributed by atoms with Crippen LogP contribution in [0.1, 0.15) is 35.2 Å². The third-order valence-corrected chi connectivity index (χ3v) is 6.07. The summed E-state index contributed by atoms with van der Waals surface area (Å²) in [5.41, 5.74) is 2.16. The predicted octanol–water partition coefficient (Wildman–Crippen LogP) is 3.61. The van der Waals surface area contributed by atoms with Crippen LogP contribution in [0.3, 0.4) is 0 Å². The molecule has 0 unspecified atom stereocenters. The van der Waals surface area contributed by atoms with Gasteiger partial charge in [-0.3, -0.25) is 14.8 Å². The molecule has 2 saturated heterocycles. The van der Waals surface area contributed by atoms with E-state index in [2.05, 4.69) is 9.97 Å². The van der Waals surface area contributed by atoms with Gasteiger partial charge in [0.25, 0.3) is 5.91 Å². The second kappa shape index (κ2) is 8.13. The molecule has 30 heavy (non-hydrogen) atoms. The number of pyridine rings is 2. The lowest BCUT2D eigenvalue weighted by Crippen LogP contribution is -2.50. The Morgan fingerprint density at radius 2 is 2.10 bits per heavy atom. The molecule has 5 rings (SSSR count). The van der Waals surface area contributed by atoms with Crippen molar-refractivity contribution in [1.29, 1.82) is 0 Å². The van der Waals surface area contributed by atoms with Gasteiger partial charge in [0, 0.05) is 36.9 Å². The normalized spacial score (nSPS) is 23.9. The molecule has 1 amide bonds. The Balaban J connectivity index is 1.27. The largest absolute Gasteiger partial charge is 0.371 e. The number of fused-ring (bicyclic) bond motifs is 1. The molecule has 3 aromatic rings. The number of carbonyl (C=O) groups excluding carboxylic acids is 1. The van der Waals surface area contributed by atoms with Gasteiger partial charge in [-0.1, -0.05) is 24.3 Å². The minimum absolute atomic E-state index is 0.0294. The summed E-state index contributed by atoms with van der Waals surface area (Å²) in [5, 5.41) is 0.982. The molecular weight excluding hydrogens is 378 g/mol. The third-order valence-electron chi connectivity index (χ3n) is 6.07. The van der Waals surface area contributed by atoms with Crippen LogP contribution in [0.2, 0.25) is 0 Å². The number of aromatic nitrogens is 2. The van der Waals surface area contributed by atoms with E-state index in [9.17, 15) is 4.79 Å². The van der Waals surface area contributed by atoms with Gasteiger partial charge in [-0.2, -0.15) is 0 Å². The molecule has 2 fully saturated rings. The van der Waals surface area contributed by atoms with Gasteiger partial charge in [0.1, 0.15) is 0 Å². The zero-order chi connectivity index (χ0) is 20.4. The number of piperidine rings is 1. The summed E-state index contributed by atoms with van der Waals surface area (Å²) in [6.45, 7) is 2.44. The first-order valence-corrected chi connectivity index (χ1v) is 10.5. The molecule has 0 radical (unpaired) electrons. The Labute approximate surface area is 175 Å². The van der Waals surface area contributed by atoms with Crippen molar-refractivity contribution < 1.29 is 14.3 Å². The number of ether oxygens (including phenoxy) is 2. The van der Waals surface area contributed by atoms with Gasteiger partial charge in [0.05, 0.1) is 42.5 Å². The van der Waals surface area contributed by atoms with E-state index in [1.54, 1.807) is 12.4 Å². The molecule has 6 heteroatoms. The number of benzene rings is 1. The van der Waals surface area contributed by atoms with E-state index in [1.165, 1.54) is 0 Å². The van der Waals surface area contributed by atoms with E-state index in [0.717, 1.165) is 42.3 Å². The highest BCUT2D eigenvalue weighted by Crippen LogP contribution is 2.36. The fourth-order valence-corrected chi connectivity index (χ4v) is 4.61. The molecule has 0 saturated carbocycles. The molecule has 2 aliphatic rings. The van der Waals surface area contributed by atoms with Gasteiger partial charge >= 0.3 is 0 Å². The number of nitrogens with zero attached hydrogens (tertiary/aromatic N) is 3. The molecular formula is C24H25N3O3. The highest BCUT2D eigenvalue weighted by molar-refractivity contribution is 6.05. The Morgan fingerprint density at radius 1 is 1.20 bits per heavy atom. The minimum Gasteiger partial charge on any atom is -0.371 e. The van der Waals surface area contributed by atoms with Gasteiger partial charge in [-0.05, 0) is 36.6 Å². The van der Waals surface area contributed by atoms with Gasteiger partial charge in [-0.15, -0.1) is 0 Å². The maximum Gasteiger partial charge on any atom is 0.256 e. The van der Waals surface area contributed by atoms with Crippen LogP contribution in [0, 0.1) is 0 Å². The Morgan fingerprint density at radius 3 is 3.00 bits per heavy atom. The van der Waals surface area contributed by atoms with E-state index in [4.69, 9.17) is 9.47 Å². The van der Waals surface area contributed by atoms with E-state index in [1.807, 2.05) is 53.6 Å². The van der Waals surface area contributed by atoms with Crippen LogP contribution in [-0.2, 0) is 16.1 Å². The molecule has 154 valence electrons. The lowest BCUT2D eigenvalue weighted by molar-refractivity contribution is -0.0466. The fraction of sp³-hybridized carbons (Fsp3) is 0.375. The second-order valence-electron chi connectivity index (χ2n) is 8.20.